The van der Waals surface area contributed by atoms with E-state index in [9.17, 15) is 9.59 Å². The van der Waals surface area contributed by atoms with Crippen molar-refractivity contribution in [2.24, 2.45) is 14.1 Å². The highest BCUT2D eigenvalue weighted by Crippen LogP contribution is 2.28. The molecule has 1 saturated heterocycles. The Labute approximate surface area is 128 Å². The lowest BCUT2D eigenvalue weighted by Crippen LogP contribution is -2.38. The number of hydrogen-bond acceptors (Lipinski definition) is 4. The van der Waals surface area contributed by atoms with Gasteiger partial charge in [-0.2, -0.15) is 0 Å². The van der Waals surface area contributed by atoms with Gasteiger partial charge in [0, 0.05) is 26.1 Å². The van der Waals surface area contributed by atoms with Crippen LogP contribution in [0.2, 0.25) is 0 Å². The number of imidazole rings is 1. The van der Waals surface area contributed by atoms with Gasteiger partial charge < -0.3 is 9.88 Å². The largest absolute Gasteiger partial charge is 0.332 e. The topological polar surface area (TPSA) is 73.8 Å². The quantitative estimate of drug-likeness (QED) is 0.876. The molecule has 0 atom stereocenters. The number of rotatable bonds is 2. The summed E-state index contributed by atoms with van der Waals surface area (Å²) in [6.07, 6.45) is 1.94. The van der Waals surface area contributed by atoms with Gasteiger partial charge in [0.05, 0.1) is 0 Å². The number of aromatic nitrogens is 4. The van der Waals surface area contributed by atoms with E-state index in [1.54, 1.807) is 7.05 Å². The van der Waals surface area contributed by atoms with Gasteiger partial charge in [0.25, 0.3) is 5.56 Å². The minimum Gasteiger partial charge on any atom is -0.319 e. The number of aryl methyl sites for hydroxylation is 1. The van der Waals surface area contributed by atoms with Crippen LogP contribution in [0.4, 0.5) is 0 Å². The number of nitrogens with one attached hydrogen (secondary N) is 1. The van der Waals surface area contributed by atoms with Gasteiger partial charge in [-0.25, -0.2) is 9.78 Å². The third-order valence-electron chi connectivity index (χ3n) is 4.51. The first-order valence-corrected chi connectivity index (χ1v) is 7.82. The smallest absolute Gasteiger partial charge is 0.319 e. The molecule has 120 valence electrons. The molecule has 7 nitrogen and oxygen atoms in total. The van der Waals surface area contributed by atoms with Gasteiger partial charge in [0.2, 0.25) is 0 Å². The Hall–Kier alpha value is -1.89. The van der Waals surface area contributed by atoms with Gasteiger partial charge in [0.15, 0.2) is 11.2 Å². The zero-order valence-corrected chi connectivity index (χ0v) is 13.6. The Morgan fingerprint density at radius 3 is 2.36 bits per heavy atom. The van der Waals surface area contributed by atoms with Crippen LogP contribution in [0.3, 0.4) is 0 Å². The Morgan fingerprint density at radius 1 is 1.14 bits per heavy atom. The normalized spacial score (nSPS) is 16.8. The van der Waals surface area contributed by atoms with E-state index in [4.69, 9.17) is 0 Å². The minimum absolute atomic E-state index is 0.196. The van der Waals surface area contributed by atoms with Gasteiger partial charge in [-0.1, -0.05) is 13.8 Å². The number of piperidine rings is 1. The van der Waals surface area contributed by atoms with Crippen molar-refractivity contribution in [2.75, 3.05) is 13.1 Å². The number of hydrogen-bond donors (Lipinski definition) is 1. The van der Waals surface area contributed by atoms with Gasteiger partial charge in [-0.15, -0.1) is 0 Å². The molecule has 0 aromatic carbocycles. The van der Waals surface area contributed by atoms with Crippen LogP contribution in [-0.4, -0.2) is 31.8 Å². The Balaban J connectivity index is 2.39. The van der Waals surface area contributed by atoms with E-state index in [1.807, 2.05) is 0 Å². The summed E-state index contributed by atoms with van der Waals surface area (Å²) in [4.78, 5) is 29.5. The summed E-state index contributed by atoms with van der Waals surface area (Å²) >= 11 is 0. The fourth-order valence-corrected chi connectivity index (χ4v) is 3.27. The van der Waals surface area contributed by atoms with Crippen LogP contribution in [0.1, 0.15) is 44.5 Å². The van der Waals surface area contributed by atoms with Crippen molar-refractivity contribution in [3.8, 4) is 0 Å². The van der Waals surface area contributed by atoms with Crippen LogP contribution in [0.25, 0.3) is 11.2 Å². The molecule has 2 aromatic rings. The lowest BCUT2D eigenvalue weighted by atomic mass is 10.1. The van der Waals surface area contributed by atoms with Gasteiger partial charge in [-0.3, -0.25) is 13.9 Å². The van der Waals surface area contributed by atoms with Gasteiger partial charge in [-0.05, 0) is 25.9 Å². The first-order chi connectivity index (χ1) is 10.4. The zero-order chi connectivity index (χ0) is 16.0. The second-order valence-corrected chi connectivity index (χ2v) is 6.35. The standard InChI is InChI=1S/C15H23N5O2/c1-9(2)12-17-13-11(14(21)19(4)15(22)18(13)3)20(12)10-5-7-16-8-6-10/h9-10,16H,5-8H2,1-4H3. The predicted molar refractivity (Wildman–Crippen MR) is 85.4 cm³/mol. The Bertz CT molecular complexity index is 821. The Morgan fingerprint density at radius 2 is 1.77 bits per heavy atom. The molecule has 0 aliphatic carbocycles. The third kappa shape index (κ3) is 2.11. The van der Waals surface area contributed by atoms with Crippen LogP contribution in [0.5, 0.6) is 0 Å². The van der Waals surface area contributed by atoms with E-state index in [0.29, 0.717) is 11.2 Å². The molecule has 22 heavy (non-hydrogen) atoms. The van der Waals surface area contributed by atoms with Crippen molar-refractivity contribution in [1.82, 2.24) is 24.0 Å². The zero-order valence-electron chi connectivity index (χ0n) is 13.6. The van der Waals surface area contributed by atoms with Crippen LogP contribution in [0.15, 0.2) is 9.59 Å². The lowest BCUT2D eigenvalue weighted by Gasteiger charge is -2.26. The van der Waals surface area contributed by atoms with Gasteiger partial charge in [0.1, 0.15) is 5.82 Å². The molecule has 1 N–H and O–H groups in total. The minimum atomic E-state index is -0.331. The molecule has 1 aliphatic rings. The van der Waals surface area contributed by atoms with Crippen molar-refractivity contribution >= 4 is 11.2 Å². The number of fused-ring (bicyclic) bond motifs is 1. The van der Waals surface area contributed by atoms with E-state index in [2.05, 4.69) is 28.7 Å². The molecule has 0 radical (unpaired) electrons. The summed E-state index contributed by atoms with van der Waals surface area (Å²) in [6, 6.07) is 0.258. The van der Waals surface area contributed by atoms with Crippen LogP contribution in [0, 0.1) is 0 Å². The second kappa shape index (κ2) is 5.39. The maximum Gasteiger partial charge on any atom is 0.332 e. The van der Waals surface area contributed by atoms with Crippen LogP contribution >= 0.6 is 0 Å². The molecule has 1 fully saturated rings. The molecule has 0 saturated carbocycles. The van der Waals surface area contributed by atoms with Gasteiger partial charge >= 0.3 is 5.69 Å². The van der Waals surface area contributed by atoms with Crippen molar-refractivity contribution in [1.29, 1.82) is 0 Å². The summed E-state index contributed by atoms with van der Waals surface area (Å²) in [5.41, 5.74) is 0.467. The number of nitrogens with zero attached hydrogens (tertiary/aromatic N) is 4. The molecule has 0 bridgehead atoms. The first kappa shape index (κ1) is 15.0. The summed E-state index contributed by atoms with van der Waals surface area (Å²) in [6.45, 7) is 6.02. The average molecular weight is 305 g/mol. The third-order valence-corrected chi connectivity index (χ3v) is 4.51. The van der Waals surface area contributed by atoms with Crippen LogP contribution < -0.4 is 16.6 Å². The summed E-state index contributed by atoms with van der Waals surface area (Å²) < 4.78 is 4.73. The van der Waals surface area contributed by atoms with E-state index in [-0.39, 0.29) is 23.2 Å². The molecule has 1 aliphatic heterocycles. The summed E-state index contributed by atoms with van der Waals surface area (Å²) in [7, 11) is 3.20. The maximum atomic E-state index is 12.7. The maximum absolute atomic E-state index is 12.7. The fourth-order valence-electron chi connectivity index (χ4n) is 3.27. The molecule has 7 heteroatoms. The van der Waals surface area contributed by atoms with E-state index >= 15 is 0 Å². The second-order valence-electron chi connectivity index (χ2n) is 6.35. The fraction of sp³-hybridized carbons (Fsp3) is 0.667. The highest BCUT2D eigenvalue weighted by molar-refractivity contribution is 5.71. The molecule has 0 amide bonds. The van der Waals surface area contributed by atoms with E-state index in [1.165, 1.54) is 16.2 Å². The SMILES string of the molecule is CC(C)c1nc2c(c(=O)n(C)c(=O)n2C)n1C1CCNCC1. The molecule has 0 unspecified atom stereocenters. The average Bonchev–Trinajstić information content (AvgIpc) is 2.92. The van der Waals surface area contributed by atoms with E-state index < -0.39 is 0 Å². The predicted octanol–water partition coefficient (Wildman–Crippen LogP) is 0.482. The van der Waals surface area contributed by atoms with Crippen molar-refractivity contribution in [3.63, 3.8) is 0 Å². The monoisotopic (exact) mass is 305 g/mol. The molecular formula is C15H23N5O2. The summed E-state index contributed by atoms with van der Waals surface area (Å²) in [5, 5.41) is 3.35. The highest BCUT2D eigenvalue weighted by atomic mass is 16.2. The first-order valence-electron chi connectivity index (χ1n) is 7.82. The van der Waals surface area contributed by atoms with Crippen molar-refractivity contribution in [3.05, 3.63) is 26.7 Å². The van der Waals surface area contributed by atoms with Crippen molar-refractivity contribution < 1.29 is 0 Å². The molecule has 3 rings (SSSR count). The highest BCUT2D eigenvalue weighted by Gasteiger charge is 2.26. The molecule has 0 spiro atoms. The summed E-state index contributed by atoms with van der Waals surface area (Å²) in [5.74, 6) is 1.09. The van der Waals surface area contributed by atoms with Crippen LogP contribution in [-0.2, 0) is 14.1 Å². The van der Waals surface area contributed by atoms with E-state index in [0.717, 1.165) is 31.8 Å². The molecule has 2 aromatic heterocycles. The van der Waals surface area contributed by atoms with Crippen molar-refractivity contribution in [2.45, 2.75) is 38.6 Å². The Kier molecular flexibility index (Phi) is 3.68. The molecule has 3 heterocycles. The lowest BCUT2D eigenvalue weighted by molar-refractivity contribution is 0.363. The molecular weight excluding hydrogens is 282 g/mol.